The molecule has 29 heavy (non-hydrogen) atoms. The van der Waals surface area contributed by atoms with Gasteiger partial charge in [0.2, 0.25) is 0 Å². The van der Waals surface area contributed by atoms with Crippen molar-refractivity contribution in [3.05, 3.63) is 25.3 Å². The summed E-state index contributed by atoms with van der Waals surface area (Å²) in [7, 11) is 0. The summed E-state index contributed by atoms with van der Waals surface area (Å²) in [6.07, 6.45) is 5.06. The molecule has 176 valence electrons. The summed E-state index contributed by atoms with van der Waals surface area (Å²) in [5.74, 6) is -0.706. The van der Waals surface area contributed by atoms with Crippen LogP contribution in [0.3, 0.4) is 0 Å². The van der Waals surface area contributed by atoms with Gasteiger partial charge in [0, 0.05) is 26.1 Å². The minimum atomic E-state index is -0.819. The molecule has 0 atom stereocenters. The number of aliphatic carboxylic acids is 1. The van der Waals surface area contributed by atoms with E-state index in [1.807, 2.05) is 41.5 Å². The van der Waals surface area contributed by atoms with Crippen LogP contribution in [-0.2, 0) is 19.1 Å². The van der Waals surface area contributed by atoms with Gasteiger partial charge in [0.05, 0.1) is 19.8 Å². The molecule has 7 nitrogen and oxygen atoms in total. The number of carbonyl (C=O) groups is 2. The number of aliphatic hydroxyl groups is 2. The zero-order chi connectivity index (χ0) is 23.9. The van der Waals surface area contributed by atoms with Gasteiger partial charge in [-0.25, -0.2) is 0 Å². The molecule has 0 aliphatic rings. The Kier molecular flexibility index (Phi) is 53.5. The molecule has 0 spiro atoms. The molecular weight excluding hydrogens is 376 g/mol. The summed E-state index contributed by atoms with van der Waals surface area (Å²) in [5.41, 5.74) is 0. The maximum atomic E-state index is 11.0. The van der Waals surface area contributed by atoms with Crippen molar-refractivity contribution in [3.63, 3.8) is 0 Å². The van der Waals surface area contributed by atoms with Gasteiger partial charge in [-0.15, -0.1) is 13.2 Å². The van der Waals surface area contributed by atoms with Gasteiger partial charge in [0.15, 0.2) is 0 Å². The number of carbonyl (C=O) groups excluding carboxylic acids is 1. The third-order valence-corrected chi connectivity index (χ3v) is 2.11. The van der Waals surface area contributed by atoms with E-state index in [9.17, 15) is 9.59 Å². The largest absolute Gasteiger partial charge is 0.481 e. The molecule has 0 rings (SSSR count). The van der Waals surface area contributed by atoms with Gasteiger partial charge in [-0.05, 0) is 46.5 Å². The first-order chi connectivity index (χ1) is 13.7. The van der Waals surface area contributed by atoms with Crippen LogP contribution in [0.4, 0.5) is 0 Å². The number of hydrogen-bond donors (Lipinski definition) is 3. The maximum Gasteiger partial charge on any atom is 0.305 e. The molecule has 0 saturated carbocycles. The Labute approximate surface area is 178 Å². The van der Waals surface area contributed by atoms with Gasteiger partial charge in [-0.2, -0.15) is 0 Å². The average molecular weight is 423 g/mol. The van der Waals surface area contributed by atoms with Gasteiger partial charge in [-0.1, -0.05) is 26.0 Å². The Balaban J connectivity index is -0.000000105. The maximum absolute atomic E-state index is 11.0. The lowest BCUT2D eigenvalue weighted by molar-refractivity contribution is -0.145. The first-order valence-corrected chi connectivity index (χ1v) is 9.99. The predicted octanol–water partition coefficient (Wildman–Crippen LogP) is 4.23. The Bertz CT molecular complexity index is 319. The second-order valence-electron chi connectivity index (χ2n) is 5.72. The molecule has 0 fully saturated rings. The minimum absolute atomic E-state index is 0.122. The van der Waals surface area contributed by atoms with Crippen molar-refractivity contribution in [3.8, 4) is 0 Å². The average Bonchev–Trinajstić information content (AvgIpc) is 2.66. The first-order valence-electron chi connectivity index (χ1n) is 9.99. The fraction of sp³-hybridized carbons (Fsp3) is 0.727. The molecular formula is C22H46O7. The lowest BCUT2D eigenvalue weighted by atomic mass is 10.2. The fourth-order valence-corrected chi connectivity index (χ4v) is 1.08. The summed E-state index contributed by atoms with van der Waals surface area (Å²) in [4.78, 5) is 21.2. The fourth-order valence-electron chi connectivity index (χ4n) is 1.08. The van der Waals surface area contributed by atoms with Crippen LogP contribution in [0.15, 0.2) is 25.3 Å². The highest BCUT2D eigenvalue weighted by Crippen LogP contribution is 2.02. The number of esters is 1. The molecule has 0 bridgehead atoms. The van der Waals surface area contributed by atoms with E-state index in [2.05, 4.69) is 13.2 Å². The Morgan fingerprint density at radius 3 is 1.55 bits per heavy atom. The number of carboxylic acids is 1. The molecule has 0 amide bonds. The monoisotopic (exact) mass is 422 g/mol. The van der Waals surface area contributed by atoms with Gasteiger partial charge in [0.25, 0.3) is 0 Å². The number of aliphatic hydroxyl groups excluding tert-OH is 2. The lowest BCUT2D eigenvalue weighted by Gasteiger charge is -2.06. The molecule has 0 saturated heterocycles. The van der Waals surface area contributed by atoms with Crippen molar-refractivity contribution in [2.24, 2.45) is 5.92 Å². The number of carboxylic acid groups (broad SMARTS) is 1. The summed E-state index contributed by atoms with van der Waals surface area (Å²) >= 11 is 0. The second-order valence-corrected chi connectivity index (χ2v) is 5.72. The number of unbranched alkanes of at least 4 members (excludes halogenated alkanes) is 1. The Morgan fingerprint density at radius 1 is 0.931 bits per heavy atom. The summed E-state index contributed by atoms with van der Waals surface area (Å²) < 4.78 is 9.76. The molecule has 0 aromatic carbocycles. The normalized spacial score (nSPS) is 8.31. The van der Waals surface area contributed by atoms with E-state index in [4.69, 9.17) is 24.8 Å². The van der Waals surface area contributed by atoms with Crippen molar-refractivity contribution in [2.45, 2.75) is 67.2 Å². The van der Waals surface area contributed by atoms with E-state index in [0.29, 0.717) is 31.8 Å². The van der Waals surface area contributed by atoms with Crippen LogP contribution in [0.2, 0.25) is 0 Å². The minimum Gasteiger partial charge on any atom is -0.481 e. The molecule has 0 aromatic rings. The quantitative estimate of drug-likeness (QED) is 0.274. The number of ether oxygens (including phenoxy) is 2. The van der Waals surface area contributed by atoms with Crippen LogP contribution in [-0.4, -0.2) is 60.3 Å². The van der Waals surface area contributed by atoms with E-state index in [1.165, 1.54) is 0 Å². The molecule has 0 unspecified atom stereocenters. The molecule has 0 heterocycles. The van der Waals surface area contributed by atoms with E-state index >= 15 is 0 Å². The SMILES string of the molecule is C=CC.C=CC.CC(C)COC(=O)CCCCC(=O)O.CCOCC.OCCO. The summed E-state index contributed by atoms with van der Waals surface area (Å²) in [6, 6.07) is 0. The standard InChI is InChI=1S/C10H18O4.C4H10O.2C3H6.C2H6O2/c1-8(2)7-14-10(13)6-4-3-5-9(11)12;1-3-5-4-2;2*1-3-2;3-1-2-4/h8H,3-7H2,1-2H3,(H,11,12);3-4H2,1-2H3;2*3H,1H2,2H3;3-4H,1-2H2. The van der Waals surface area contributed by atoms with Crippen molar-refractivity contribution < 1.29 is 34.4 Å². The highest BCUT2D eigenvalue weighted by Gasteiger charge is 2.04. The van der Waals surface area contributed by atoms with Crippen LogP contribution >= 0.6 is 0 Å². The Morgan fingerprint density at radius 2 is 1.31 bits per heavy atom. The van der Waals surface area contributed by atoms with Crippen LogP contribution in [0.5, 0.6) is 0 Å². The zero-order valence-corrected chi connectivity index (χ0v) is 19.5. The topological polar surface area (TPSA) is 113 Å². The number of rotatable bonds is 10. The molecule has 0 aliphatic carbocycles. The molecule has 0 aliphatic heterocycles. The van der Waals surface area contributed by atoms with Crippen molar-refractivity contribution >= 4 is 11.9 Å². The summed E-state index contributed by atoms with van der Waals surface area (Å²) in [6.45, 7) is 20.3. The van der Waals surface area contributed by atoms with E-state index in [-0.39, 0.29) is 25.6 Å². The number of allylic oxidation sites excluding steroid dienone is 2. The van der Waals surface area contributed by atoms with Gasteiger partial charge in [-0.3, -0.25) is 9.59 Å². The van der Waals surface area contributed by atoms with Gasteiger partial charge >= 0.3 is 11.9 Å². The van der Waals surface area contributed by atoms with Crippen molar-refractivity contribution in [2.75, 3.05) is 33.0 Å². The number of hydrogen-bond acceptors (Lipinski definition) is 6. The van der Waals surface area contributed by atoms with Crippen LogP contribution in [0.25, 0.3) is 0 Å². The van der Waals surface area contributed by atoms with Gasteiger partial charge in [0.1, 0.15) is 0 Å². The second kappa shape index (κ2) is 40.9. The molecule has 7 heteroatoms. The Hall–Kier alpha value is -1.70. The predicted molar refractivity (Wildman–Crippen MR) is 120 cm³/mol. The molecule has 3 N–H and O–H groups in total. The zero-order valence-electron chi connectivity index (χ0n) is 19.5. The molecule has 0 radical (unpaired) electrons. The smallest absolute Gasteiger partial charge is 0.305 e. The first kappa shape index (κ1) is 38.0. The van der Waals surface area contributed by atoms with E-state index in [0.717, 1.165) is 13.2 Å². The molecule has 0 aromatic heterocycles. The summed E-state index contributed by atoms with van der Waals surface area (Å²) in [5, 5.41) is 23.6. The van der Waals surface area contributed by atoms with Crippen LogP contribution in [0, 0.1) is 5.92 Å². The van der Waals surface area contributed by atoms with E-state index < -0.39 is 5.97 Å². The lowest BCUT2D eigenvalue weighted by Crippen LogP contribution is -2.09. The van der Waals surface area contributed by atoms with E-state index in [1.54, 1.807) is 12.2 Å². The van der Waals surface area contributed by atoms with Crippen LogP contribution < -0.4 is 0 Å². The third kappa shape index (κ3) is 87.8. The highest BCUT2D eigenvalue weighted by molar-refractivity contribution is 5.69. The highest BCUT2D eigenvalue weighted by atomic mass is 16.5. The van der Waals surface area contributed by atoms with Gasteiger partial charge < -0.3 is 24.8 Å². The third-order valence-electron chi connectivity index (χ3n) is 2.11. The van der Waals surface area contributed by atoms with Crippen molar-refractivity contribution in [1.82, 2.24) is 0 Å². The van der Waals surface area contributed by atoms with Crippen LogP contribution in [0.1, 0.15) is 67.2 Å². The van der Waals surface area contributed by atoms with Crippen molar-refractivity contribution in [1.29, 1.82) is 0 Å².